The molecule has 0 unspecified atom stereocenters. The molecule has 0 bridgehead atoms. The van der Waals surface area contributed by atoms with Gasteiger partial charge in [-0.05, 0) is 6.92 Å². The third-order valence-electron chi connectivity index (χ3n) is 1.18. The van der Waals surface area contributed by atoms with Gasteiger partial charge in [-0.25, -0.2) is 4.99 Å². The monoisotopic (exact) mass is 187 g/mol. The largest absolute Gasteiger partial charge is 0.362 e. The molecule has 76 valence electrons. The number of hydrogen-bond acceptors (Lipinski definition) is 4. The molecule has 0 spiro atoms. The average molecular weight is 187 g/mol. The summed E-state index contributed by atoms with van der Waals surface area (Å²) >= 11 is 0. The van der Waals surface area contributed by atoms with E-state index in [-0.39, 0.29) is 6.73 Å². The lowest BCUT2D eigenvalue weighted by atomic mass is 10.5. The Bertz CT molecular complexity index is 180. The van der Waals surface area contributed by atoms with E-state index in [0.29, 0.717) is 13.3 Å². The second-order valence-electron chi connectivity index (χ2n) is 2.40. The zero-order chi connectivity index (χ0) is 10.1. The number of nitrogens with one attached hydrogen (secondary N) is 1. The van der Waals surface area contributed by atoms with E-state index in [1.54, 1.807) is 7.11 Å². The number of aliphatic imine (C=N–C) groups is 1. The molecule has 0 heterocycles. The standard InChI is InChI=1S/C8H17N3O2/c1-7(4-13-5-9)11-8(2)10-6-12-3/h1,4-6,9H2,2-3H3,(H,10,11). The summed E-state index contributed by atoms with van der Waals surface area (Å²) in [5, 5.41) is 2.94. The Morgan fingerprint density at radius 2 is 2.31 bits per heavy atom. The minimum absolute atomic E-state index is 0.189. The minimum Gasteiger partial charge on any atom is -0.362 e. The zero-order valence-corrected chi connectivity index (χ0v) is 8.17. The molecular weight excluding hydrogens is 170 g/mol. The smallest absolute Gasteiger partial charge is 0.139 e. The molecular formula is C8H17N3O2. The summed E-state index contributed by atoms with van der Waals surface area (Å²) in [4.78, 5) is 4.03. The van der Waals surface area contributed by atoms with Crippen molar-refractivity contribution in [3.05, 3.63) is 12.3 Å². The molecule has 0 rings (SSSR count). The van der Waals surface area contributed by atoms with Crippen LogP contribution in [0, 0.1) is 0 Å². The fourth-order valence-corrected chi connectivity index (χ4v) is 0.675. The molecule has 0 aromatic heterocycles. The number of ether oxygens (including phenoxy) is 2. The Labute approximate surface area is 78.6 Å². The molecule has 0 aliphatic heterocycles. The molecule has 0 amide bonds. The molecule has 0 fully saturated rings. The maximum atomic E-state index is 5.15. The predicted octanol–water partition coefficient (Wildman–Crippen LogP) is 0.0448. The number of nitrogens with two attached hydrogens (primary N) is 1. The van der Waals surface area contributed by atoms with Gasteiger partial charge in [0, 0.05) is 12.8 Å². The van der Waals surface area contributed by atoms with E-state index >= 15 is 0 Å². The number of amidine groups is 1. The van der Waals surface area contributed by atoms with Crippen LogP contribution >= 0.6 is 0 Å². The molecule has 0 aromatic carbocycles. The number of nitrogens with zero attached hydrogens (tertiary/aromatic N) is 1. The summed E-state index contributed by atoms with van der Waals surface area (Å²) in [6.45, 7) is 6.46. The third kappa shape index (κ3) is 7.45. The molecule has 0 aromatic rings. The molecule has 0 saturated heterocycles. The molecule has 0 saturated carbocycles. The highest BCUT2D eigenvalue weighted by Gasteiger charge is 1.94. The van der Waals surface area contributed by atoms with Crippen LogP contribution in [0.2, 0.25) is 0 Å². The van der Waals surface area contributed by atoms with Gasteiger partial charge in [0.25, 0.3) is 0 Å². The predicted molar refractivity (Wildman–Crippen MR) is 52.3 cm³/mol. The van der Waals surface area contributed by atoms with Crippen LogP contribution in [0.5, 0.6) is 0 Å². The lowest BCUT2D eigenvalue weighted by molar-refractivity contribution is 0.161. The van der Waals surface area contributed by atoms with Gasteiger partial charge in [0.1, 0.15) is 12.6 Å². The van der Waals surface area contributed by atoms with Gasteiger partial charge >= 0.3 is 0 Å². The topological polar surface area (TPSA) is 68.9 Å². The molecule has 13 heavy (non-hydrogen) atoms. The van der Waals surface area contributed by atoms with Gasteiger partial charge < -0.3 is 20.5 Å². The first kappa shape index (κ1) is 12.1. The summed E-state index contributed by atoms with van der Waals surface area (Å²) in [5.41, 5.74) is 5.87. The summed E-state index contributed by atoms with van der Waals surface area (Å²) in [5.74, 6) is 0.743. The van der Waals surface area contributed by atoms with Crippen molar-refractivity contribution >= 4 is 5.84 Å². The van der Waals surface area contributed by atoms with Gasteiger partial charge in [-0.1, -0.05) is 6.58 Å². The van der Waals surface area contributed by atoms with Crippen molar-refractivity contribution in [2.24, 2.45) is 10.7 Å². The fraction of sp³-hybridized carbons (Fsp3) is 0.625. The van der Waals surface area contributed by atoms with Gasteiger partial charge in [-0.3, -0.25) is 0 Å². The quantitative estimate of drug-likeness (QED) is 0.350. The molecule has 0 radical (unpaired) electrons. The van der Waals surface area contributed by atoms with Crippen LogP contribution < -0.4 is 11.1 Å². The van der Waals surface area contributed by atoms with Crippen LogP contribution in [0.3, 0.4) is 0 Å². The summed E-state index contributed by atoms with van der Waals surface area (Å²) in [6.07, 6.45) is 0. The first-order chi connectivity index (χ1) is 6.20. The zero-order valence-electron chi connectivity index (χ0n) is 8.17. The van der Waals surface area contributed by atoms with Crippen molar-refractivity contribution < 1.29 is 9.47 Å². The highest BCUT2D eigenvalue weighted by Crippen LogP contribution is 1.86. The van der Waals surface area contributed by atoms with Crippen molar-refractivity contribution in [2.75, 3.05) is 27.2 Å². The van der Waals surface area contributed by atoms with Crippen LogP contribution in [-0.2, 0) is 9.47 Å². The van der Waals surface area contributed by atoms with E-state index in [1.165, 1.54) is 0 Å². The number of rotatable bonds is 6. The van der Waals surface area contributed by atoms with E-state index in [4.69, 9.17) is 15.2 Å². The molecule has 5 nitrogen and oxygen atoms in total. The van der Waals surface area contributed by atoms with E-state index < -0.39 is 0 Å². The first-order valence-electron chi connectivity index (χ1n) is 3.93. The van der Waals surface area contributed by atoms with E-state index in [9.17, 15) is 0 Å². The number of methoxy groups -OCH3 is 1. The minimum atomic E-state index is 0.189. The van der Waals surface area contributed by atoms with Crippen molar-refractivity contribution in [1.82, 2.24) is 5.32 Å². The van der Waals surface area contributed by atoms with Gasteiger partial charge in [0.05, 0.1) is 13.3 Å². The van der Waals surface area contributed by atoms with E-state index in [0.717, 1.165) is 11.5 Å². The van der Waals surface area contributed by atoms with E-state index in [2.05, 4.69) is 16.9 Å². The Morgan fingerprint density at radius 3 is 2.85 bits per heavy atom. The second-order valence-corrected chi connectivity index (χ2v) is 2.40. The molecule has 0 aliphatic rings. The van der Waals surface area contributed by atoms with Crippen LogP contribution in [0.1, 0.15) is 6.92 Å². The summed E-state index contributed by atoms with van der Waals surface area (Å²) < 4.78 is 9.70. The van der Waals surface area contributed by atoms with Crippen LogP contribution in [0.4, 0.5) is 0 Å². The normalized spacial score (nSPS) is 11.5. The van der Waals surface area contributed by atoms with Gasteiger partial charge in [-0.15, -0.1) is 0 Å². The van der Waals surface area contributed by atoms with Crippen molar-refractivity contribution in [3.8, 4) is 0 Å². The Balaban J connectivity index is 3.64. The van der Waals surface area contributed by atoms with Crippen molar-refractivity contribution in [3.63, 3.8) is 0 Å². The Kier molecular flexibility index (Phi) is 7.18. The van der Waals surface area contributed by atoms with Gasteiger partial charge in [0.2, 0.25) is 0 Å². The van der Waals surface area contributed by atoms with Crippen molar-refractivity contribution in [2.45, 2.75) is 6.92 Å². The fourth-order valence-electron chi connectivity index (χ4n) is 0.675. The maximum absolute atomic E-state index is 5.15. The highest BCUT2D eigenvalue weighted by molar-refractivity contribution is 5.81. The Morgan fingerprint density at radius 1 is 1.62 bits per heavy atom. The lowest BCUT2D eigenvalue weighted by Gasteiger charge is -2.08. The second kappa shape index (κ2) is 7.72. The van der Waals surface area contributed by atoms with Crippen LogP contribution in [-0.4, -0.2) is 33.0 Å². The Hall–Kier alpha value is -0.910. The lowest BCUT2D eigenvalue weighted by Crippen LogP contribution is -2.23. The molecule has 0 atom stereocenters. The van der Waals surface area contributed by atoms with Crippen LogP contribution in [0.15, 0.2) is 17.3 Å². The van der Waals surface area contributed by atoms with Gasteiger partial charge in [-0.2, -0.15) is 0 Å². The first-order valence-corrected chi connectivity index (χ1v) is 3.93. The molecule has 5 heteroatoms. The third-order valence-corrected chi connectivity index (χ3v) is 1.18. The SMILES string of the molecule is C=C(COCN)NC(C)=NCOC. The maximum Gasteiger partial charge on any atom is 0.139 e. The van der Waals surface area contributed by atoms with Gasteiger partial charge in [0.15, 0.2) is 0 Å². The van der Waals surface area contributed by atoms with Crippen LogP contribution in [0.25, 0.3) is 0 Å². The summed E-state index contributed by atoms with van der Waals surface area (Å²) in [6, 6.07) is 0. The summed E-state index contributed by atoms with van der Waals surface area (Å²) in [7, 11) is 1.59. The molecule has 0 aliphatic carbocycles. The molecule has 3 N–H and O–H groups in total. The number of hydrogen-bond donors (Lipinski definition) is 2. The van der Waals surface area contributed by atoms with E-state index in [1.807, 2.05) is 6.92 Å². The highest BCUT2D eigenvalue weighted by atomic mass is 16.5. The van der Waals surface area contributed by atoms with Crippen molar-refractivity contribution in [1.29, 1.82) is 0 Å². The average Bonchev–Trinajstić information content (AvgIpc) is 2.11.